The minimum absolute atomic E-state index is 0.420. The van der Waals surface area contributed by atoms with Crippen LogP contribution in [0.15, 0.2) is 30.3 Å². The maximum Gasteiger partial charge on any atom is 0.0923 e. The molecular weight excluding hydrogens is 342 g/mol. The van der Waals surface area contributed by atoms with Crippen LogP contribution in [0.4, 0.5) is 0 Å². The highest BCUT2D eigenvalue weighted by atomic mass is 16.3. The summed E-state index contributed by atoms with van der Waals surface area (Å²) in [6, 6.07) is 11.0. The molecular formula is C26H39NO. The zero-order valence-corrected chi connectivity index (χ0v) is 18.4. The molecule has 28 heavy (non-hydrogen) atoms. The highest BCUT2D eigenvalue weighted by Gasteiger charge is 2.21. The summed E-state index contributed by atoms with van der Waals surface area (Å²) in [6.45, 7) is 12.0. The van der Waals surface area contributed by atoms with Crippen LogP contribution in [0.1, 0.15) is 76.2 Å². The molecule has 154 valence electrons. The van der Waals surface area contributed by atoms with E-state index in [-0.39, 0.29) is 0 Å². The van der Waals surface area contributed by atoms with E-state index in [1.54, 1.807) is 0 Å². The van der Waals surface area contributed by atoms with Crippen LogP contribution in [0.5, 0.6) is 0 Å². The molecule has 0 saturated carbocycles. The lowest BCUT2D eigenvalue weighted by Crippen LogP contribution is -2.32. The third kappa shape index (κ3) is 5.36. The van der Waals surface area contributed by atoms with Crippen molar-refractivity contribution in [1.29, 1.82) is 0 Å². The molecule has 0 bridgehead atoms. The van der Waals surface area contributed by atoms with E-state index in [4.69, 9.17) is 0 Å². The van der Waals surface area contributed by atoms with Crippen molar-refractivity contribution in [2.24, 2.45) is 11.8 Å². The summed E-state index contributed by atoms with van der Waals surface area (Å²) in [7, 11) is 0. The third-order valence-corrected chi connectivity index (χ3v) is 6.24. The van der Waals surface area contributed by atoms with Gasteiger partial charge in [0, 0.05) is 6.54 Å². The predicted molar refractivity (Wildman–Crippen MR) is 121 cm³/mol. The first-order valence-electron chi connectivity index (χ1n) is 11.4. The molecule has 1 aliphatic carbocycles. The highest BCUT2D eigenvalue weighted by molar-refractivity contribution is 5.90. The molecule has 0 aromatic heterocycles. The lowest BCUT2D eigenvalue weighted by molar-refractivity contribution is 0.108. The van der Waals surface area contributed by atoms with Gasteiger partial charge in [0.05, 0.1) is 6.10 Å². The second-order valence-corrected chi connectivity index (χ2v) is 9.54. The number of fused-ring (bicyclic) bond motifs is 3. The number of nitrogens with zero attached hydrogens (tertiary/aromatic N) is 1. The van der Waals surface area contributed by atoms with Crippen LogP contribution < -0.4 is 0 Å². The zero-order chi connectivity index (χ0) is 20.1. The van der Waals surface area contributed by atoms with Crippen LogP contribution >= 0.6 is 0 Å². The van der Waals surface area contributed by atoms with Gasteiger partial charge in [0.15, 0.2) is 0 Å². The monoisotopic (exact) mass is 381 g/mol. The summed E-state index contributed by atoms with van der Waals surface area (Å²) in [6.07, 6.45) is 6.86. The van der Waals surface area contributed by atoms with Crippen molar-refractivity contribution in [2.75, 3.05) is 19.6 Å². The van der Waals surface area contributed by atoms with E-state index in [9.17, 15) is 5.11 Å². The van der Waals surface area contributed by atoms with Crippen molar-refractivity contribution in [3.05, 3.63) is 47.0 Å². The summed E-state index contributed by atoms with van der Waals surface area (Å²) >= 11 is 0. The Labute approximate surface area is 172 Å². The topological polar surface area (TPSA) is 23.5 Å². The fourth-order valence-electron chi connectivity index (χ4n) is 4.45. The second kappa shape index (κ2) is 9.89. The van der Waals surface area contributed by atoms with Gasteiger partial charge in [0.25, 0.3) is 0 Å². The molecule has 0 unspecified atom stereocenters. The van der Waals surface area contributed by atoms with Gasteiger partial charge in [0.2, 0.25) is 0 Å². The van der Waals surface area contributed by atoms with E-state index in [2.05, 4.69) is 62.9 Å². The largest absolute Gasteiger partial charge is 0.387 e. The SMILES string of the molecule is CC(C)CCN(CCC(C)C)C[C@H](O)c1cc2c(c3ccccc13)CCCC2. The number of aliphatic hydroxyl groups is 1. The lowest BCUT2D eigenvalue weighted by Gasteiger charge is -2.28. The first kappa shape index (κ1) is 21.3. The Morgan fingerprint density at radius 2 is 1.50 bits per heavy atom. The molecule has 0 aliphatic heterocycles. The van der Waals surface area contributed by atoms with Crippen molar-refractivity contribution < 1.29 is 5.11 Å². The Hall–Kier alpha value is -1.38. The maximum absolute atomic E-state index is 11.3. The molecule has 0 amide bonds. The molecule has 2 aromatic rings. The van der Waals surface area contributed by atoms with Crippen molar-refractivity contribution in [3.8, 4) is 0 Å². The van der Waals surface area contributed by atoms with Gasteiger partial charge in [0.1, 0.15) is 0 Å². The van der Waals surface area contributed by atoms with Crippen molar-refractivity contribution in [2.45, 2.75) is 72.3 Å². The lowest BCUT2D eigenvalue weighted by atomic mass is 9.84. The first-order valence-corrected chi connectivity index (χ1v) is 11.4. The van der Waals surface area contributed by atoms with E-state index in [0.29, 0.717) is 11.8 Å². The summed E-state index contributed by atoms with van der Waals surface area (Å²) in [5, 5.41) is 13.9. The molecule has 0 heterocycles. The van der Waals surface area contributed by atoms with Crippen LogP contribution in [0.3, 0.4) is 0 Å². The Morgan fingerprint density at radius 3 is 2.14 bits per heavy atom. The Kier molecular flexibility index (Phi) is 7.54. The van der Waals surface area contributed by atoms with Gasteiger partial charge in [-0.2, -0.15) is 0 Å². The van der Waals surface area contributed by atoms with Gasteiger partial charge in [-0.25, -0.2) is 0 Å². The number of aryl methyl sites for hydroxylation is 2. The van der Waals surface area contributed by atoms with Gasteiger partial charge >= 0.3 is 0 Å². The number of hydrogen-bond acceptors (Lipinski definition) is 2. The van der Waals surface area contributed by atoms with Crippen LogP contribution in [0.25, 0.3) is 10.8 Å². The Balaban J connectivity index is 1.85. The maximum atomic E-state index is 11.3. The number of rotatable bonds is 9. The minimum atomic E-state index is -0.420. The molecule has 2 nitrogen and oxygen atoms in total. The second-order valence-electron chi connectivity index (χ2n) is 9.54. The molecule has 0 spiro atoms. The molecule has 0 fully saturated rings. The molecule has 3 rings (SSSR count). The minimum Gasteiger partial charge on any atom is -0.387 e. The summed E-state index contributed by atoms with van der Waals surface area (Å²) < 4.78 is 0. The average Bonchev–Trinajstić information content (AvgIpc) is 2.69. The normalized spacial score (nSPS) is 15.6. The molecule has 1 aliphatic rings. The van der Waals surface area contributed by atoms with E-state index in [0.717, 1.165) is 31.6 Å². The van der Waals surface area contributed by atoms with Crippen LogP contribution in [0.2, 0.25) is 0 Å². The third-order valence-electron chi connectivity index (χ3n) is 6.24. The Bertz CT molecular complexity index is 752. The van der Waals surface area contributed by atoms with E-state index in [1.807, 2.05) is 0 Å². The predicted octanol–water partition coefficient (Wildman–Crippen LogP) is 6.15. The number of aliphatic hydroxyl groups excluding tert-OH is 1. The van der Waals surface area contributed by atoms with Crippen molar-refractivity contribution in [1.82, 2.24) is 4.90 Å². The first-order chi connectivity index (χ1) is 13.5. The smallest absolute Gasteiger partial charge is 0.0923 e. The summed E-state index contributed by atoms with van der Waals surface area (Å²) in [5.74, 6) is 1.39. The molecule has 0 saturated heterocycles. The van der Waals surface area contributed by atoms with Gasteiger partial charge < -0.3 is 10.0 Å². The fraction of sp³-hybridized carbons (Fsp3) is 0.615. The average molecular weight is 382 g/mol. The zero-order valence-electron chi connectivity index (χ0n) is 18.4. The molecule has 2 aromatic carbocycles. The summed E-state index contributed by atoms with van der Waals surface area (Å²) in [4.78, 5) is 2.49. The molecule has 1 N–H and O–H groups in total. The van der Waals surface area contributed by atoms with E-state index in [1.165, 1.54) is 54.0 Å². The van der Waals surface area contributed by atoms with Crippen LogP contribution in [-0.2, 0) is 12.8 Å². The summed E-state index contributed by atoms with van der Waals surface area (Å²) in [5.41, 5.74) is 4.12. The standard InChI is InChI=1S/C26H39NO/c1-19(2)13-15-27(16-14-20(3)4)18-26(28)25-17-21-9-5-6-10-22(21)23-11-7-8-12-24(23)25/h7-8,11-12,17,19-20,26,28H,5-6,9-10,13-16,18H2,1-4H3/t26-/m0/s1. The van der Waals surface area contributed by atoms with Gasteiger partial charge in [-0.05, 0) is 90.9 Å². The molecule has 0 radical (unpaired) electrons. The van der Waals surface area contributed by atoms with E-state index >= 15 is 0 Å². The van der Waals surface area contributed by atoms with Crippen molar-refractivity contribution >= 4 is 10.8 Å². The van der Waals surface area contributed by atoms with E-state index < -0.39 is 6.10 Å². The van der Waals surface area contributed by atoms with Crippen LogP contribution in [-0.4, -0.2) is 29.6 Å². The number of hydrogen-bond donors (Lipinski definition) is 1. The van der Waals surface area contributed by atoms with Gasteiger partial charge in [-0.15, -0.1) is 0 Å². The van der Waals surface area contributed by atoms with Gasteiger partial charge in [-0.1, -0.05) is 58.0 Å². The fourth-order valence-corrected chi connectivity index (χ4v) is 4.45. The quantitative estimate of drug-likeness (QED) is 0.563. The molecule has 2 heteroatoms. The molecule has 1 atom stereocenters. The highest BCUT2D eigenvalue weighted by Crippen LogP contribution is 2.34. The van der Waals surface area contributed by atoms with Crippen molar-refractivity contribution in [3.63, 3.8) is 0 Å². The number of benzene rings is 2. The van der Waals surface area contributed by atoms with Gasteiger partial charge in [-0.3, -0.25) is 0 Å². The Morgan fingerprint density at radius 1 is 0.893 bits per heavy atom. The van der Waals surface area contributed by atoms with Crippen LogP contribution in [0, 0.1) is 11.8 Å².